The largest absolute Gasteiger partial charge is 0.352 e. The minimum Gasteiger partial charge on any atom is -0.352 e. The maximum Gasteiger partial charge on any atom is 0.272 e. The van der Waals surface area contributed by atoms with Crippen LogP contribution < -0.4 is 10.9 Å². The number of thiophene rings is 1. The Morgan fingerprint density at radius 3 is 2.74 bits per heavy atom. The highest BCUT2D eigenvalue weighted by Gasteiger charge is 2.07. The molecule has 2 aromatic heterocycles. The smallest absolute Gasteiger partial charge is 0.272 e. The van der Waals surface area contributed by atoms with Crippen LogP contribution in [0.2, 0.25) is 5.02 Å². The van der Waals surface area contributed by atoms with Crippen LogP contribution in [0.1, 0.15) is 31.2 Å². The van der Waals surface area contributed by atoms with Gasteiger partial charge in [-0.2, -0.15) is 0 Å². The first-order valence-corrected chi connectivity index (χ1v) is 10.4. The van der Waals surface area contributed by atoms with E-state index in [-0.39, 0.29) is 11.5 Å². The summed E-state index contributed by atoms with van der Waals surface area (Å²) in [5.74, 6) is 0.0272. The van der Waals surface area contributed by atoms with Gasteiger partial charge in [0, 0.05) is 24.5 Å². The van der Waals surface area contributed by atoms with Gasteiger partial charge in [-0.15, -0.1) is 11.3 Å². The van der Waals surface area contributed by atoms with Crippen molar-refractivity contribution in [2.45, 2.75) is 38.8 Å². The summed E-state index contributed by atoms with van der Waals surface area (Å²) in [6.45, 7) is 1.07. The number of unbranched alkanes of at least 4 members (excludes halogenated alkanes) is 2. The average Bonchev–Trinajstić information content (AvgIpc) is 3.12. The molecule has 0 aliphatic carbocycles. The summed E-state index contributed by atoms with van der Waals surface area (Å²) in [6.07, 6.45) is 2.91. The van der Waals surface area contributed by atoms with Crippen molar-refractivity contribution in [1.29, 1.82) is 0 Å². The van der Waals surface area contributed by atoms with Gasteiger partial charge in [0.25, 0.3) is 5.56 Å². The maximum absolute atomic E-state index is 12.4. The average molecular weight is 422 g/mol. The number of hydrogen-bond acceptors (Lipinski definition) is 4. The van der Waals surface area contributed by atoms with Crippen molar-refractivity contribution in [2.24, 2.45) is 0 Å². The quantitative estimate of drug-likeness (QED) is 0.411. The third-order valence-corrected chi connectivity index (χ3v) is 5.76. The molecule has 3 rings (SSSR count). The lowest BCUT2D eigenvalue weighted by molar-refractivity contribution is -0.121. The first-order valence-electron chi connectivity index (χ1n) is 8.76. The van der Waals surface area contributed by atoms with Gasteiger partial charge in [-0.3, -0.25) is 14.2 Å². The Balaban J connectivity index is 1.40. The first kappa shape index (κ1) is 19.8. The molecule has 0 aliphatic rings. The first-order chi connectivity index (χ1) is 13.0. The predicted octanol–water partition coefficient (Wildman–Crippen LogP) is 4.65. The van der Waals surface area contributed by atoms with Crippen LogP contribution in [0.3, 0.4) is 0 Å². The van der Waals surface area contributed by atoms with Crippen molar-refractivity contribution in [3.8, 4) is 0 Å². The predicted molar refractivity (Wildman–Crippen MR) is 113 cm³/mol. The van der Waals surface area contributed by atoms with Crippen LogP contribution in [0.25, 0.3) is 10.2 Å². The van der Waals surface area contributed by atoms with Crippen molar-refractivity contribution in [3.05, 3.63) is 61.4 Å². The molecular formula is C19H20ClN3O2S2. The zero-order valence-corrected chi connectivity index (χ0v) is 17.1. The lowest BCUT2D eigenvalue weighted by Crippen LogP contribution is -2.22. The molecule has 8 heteroatoms. The van der Waals surface area contributed by atoms with E-state index in [0.717, 1.165) is 30.3 Å². The molecular weight excluding hydrogens is 402 g/mol. The van der Waals surface area contributed by atoms with E-state index in [2.05, 4.69) is 10.3 Å². The molecule has 1 aromatic carbocycles. The van der Waals surface area contributed by atoms with Crippen molar-refractivity contribution < 1.29 is 4.79 Å². The van der Waals surface area contributed by atoms with E-state index in [1.54, 1.807) is 4.57 Å². The number of fused-ring (bicyclic) bond motifs is 1. The molecule has 0 radical (unpaired) electrons. The fourth-order valence-electron chi connectivity index (χ4n) is 2.80. The molecule has 142 valence electrons. The van der Waals surface area contributed by atoms with Crippen molar-refractivity contribution in [3.63, 3.8) is 0 Å². The van der Waals surface area contributed by atoms with Crippen LogP contribution in [-0.2, 0) is 17.9 Å². The van der Waals surface area contributed by atoms with Gasteiger partial charge in [0.05, 0.1) is 5.52 Å². The molecule has 1 amide bonds. The van der Waals surface area contributed by atoms with Gasteiger partial charge in [0.15, 0.2) is 4.77 Å². The second-order valence-electron chi connectivity index (χ2n) is 6.26. The number of H-pyrrole nitrogens is 1. The number of nitrogens with zero attached hydrogens (tertiary/aromatic N) is 1. The van der Waals surface area contributed by atoms with Crippen LogP contribution in [0, 0.1) is 4.77 Å². The third kappa shape index (κ3) is 5.28. The van der Waals surface area contributed by atoms with E-state index in [4.69, 9.17) is 23.8 Å². The van der Waals surface area contributed by atoms with Crippen molar-refractivity contribution in [1.82, 2.24) is 14.9 Å². The standard InChI is InChI=1S/C19H20ClN3O2S2/c20-14-7-5-13(6-8-14)12-21-16(24)4-2-1-3-10-23-18(25)17-15(9-11-27-17)22-19(23)26/h5-9,11H,1-4,10,12H2,(H,21,24)(H,22,26). The second kappa shape index (κ2) is 9.30. The molecule has 0 atom stereocenters. The Morgan fingerprint density at radius 1 is 1.19 bits per heavy atom. The zero-order chi connectivity index (χ0) is 19.2. The number of carbonyl (C=O) groups is 1. The van der Waals surface area contributed by atoms with Crippen molar-refractivity contribution in [2.75, 3.05) is 0 Å². The number of halogens is 1. The minimum atomic E-state index is -0.0375. The van der Waals surface area contributed by atoms with Gasteiger partial charge < -0.3 is 10.3 Å². The van der Waals surface area contributed by atoms with Crippen molar-refractivity contribution >= 4 is 51.3 Å². The number of carbonyl (C=O) groups excluding carboxylic acids is 1. The summed E-state index contributed by atoms with van der Waals surface area (Å²) in [5.41, 5.74) is 1.78. The van der Waals surface area contributed by atoms with E-state index >= 15 is 0 Å². The Morgan fingerprint density at radius 2 is 1.96 bits per heavy atom. The topological polar surface area (TPSA) is 66.9 Å². The number of aromatic nitrogens is 2. The monoisotopic (exact) mass is 421 g/mol. The summed E-state index contributed by atoms with van der Waals surface area (Å²) >= 11 is 12.5. The van der Waals surface area contributed by atoms with Gasteiger partial charge in [-0.25, -0.2) is 0 Å². The van der Waals surface area contributed by atoms with E-state index in [9.17, 15) is 9.59 Å². The molecule has 0 bridgehead atoms. The highest BCUT2D eigenvalue weighted by atomic mass is 35.5. The van der Waals surface area contributed by atoms with Gasteiger partial charge in [0.2, 0.25) is 5.91 Å². The molecule has 5 nitrogen and oxygen atoms in total. The summed E-state index contributed by atoms with van der Waals surface area (Å²) < 4.78 is 2.76. The van der Waals surface area contributed by atoms with E-state index in [0.29, 0.717) is 34.0 Å². The number of hydrogen-bond donors (Lipinski definition) is 2. The fourth-order valence-corrected chi connectivity index (χ4v) is 4.00. The SMILES string of the molecule is O=C(CCCCCn1c(=S)[nH]c2ccsc2c1=O)NCc1ccc(Cl)cc1. The highest BCUT2D eigenvalue weighted by molar-refractivity contribution is 7.71. The van der Waals surface area contributed by atoms with Crippen LogP contribution in [0.5, 0.6) is 0 Å². The summed E-state index contributed by atoms with van der Waals surface area (Å²) in [7, 11) is 0. The maximum atomic E-state index is 12.4. The van der Waals surface area contributed by atoms with Gasteiger partial charge >= 0.3 is 0 Å². The Kier molecular flexibility index (Phi) is 6.82. The van der Waals surface area contributed by atoms with E-state index < -0.39 is 0 Å². The summed E-state index contributed by atoms with van der Waals surface area (Å²) in [6, 6.07) is 9.28. The molecule has 0 fully saturated rings. The number of benzene rings is 1. The third-order valence-electron chi connectivity index (χ3n) is 4.28. The molecule has 0 saturated carbocycles. The molecule has 2 heterocycles. The van der Waals surface area contributed by atoms with Crippen LogP contribution in [0.15, 0.2) is 40.5 Å². The lowest BCUT2D eigenvalue weighted by atomic mass is 10.1. The Labute approximate surface area is 171 Å². The second-order valence-corrected chi connectivity index (χ2v) is 8.00. The number of aromatic amines is 1. The molecule has 0 saturated heterocycles. The number of rotatable bonds is 8. The lowest BCUT2D eigenvalue weighted by Gasteiger charge is -2.07. The van der Waals surface area contributed by atoms with Gasteiger partial charge in [-0.05, 0) is 54.2 Å². The van der Waals surface area contributed by atoms with Crippen LogP contribution >= 0.6 is 35.2 Å². The molecule has 0 aliphatic heterocycles. The van der Waals surface area contributed by atoms with E-state index in [1.807, 2.05) is 35.7 Å². The summed E-state index contributed by atoms with van der Waals surface area (Å²) in [4.78, 5) is 27.5. The molecule has 0 spiro atoms. The molecule has 3 aromatic rings. The molecule has 0 unspecified atom stereocenters. The highest BCUT2D eigenvalue weighted by Crippen LogP contribution is 2.14. The summed E-state index contributed by atoms with van der Waals surface area (Å²) in [5, 5.41) is 5.47. The number of amides is 1. The van der Waals surface area contributed by atoms with Crippen LogP contribution in [-0.4, -0.2) is 15.5 Å². The Hall–Kier alpha value is -1.96. The minimum absolute atomic E-state index is 0.0272. The van der Waals surface area contributed by atoms with Gasteiger partial charge in [-0.1, -0.05) is 30.2 Å². The van der Waals surface area contributed by atoms with E-state index in [1.165, 1.54) is 11.3 Å². The normalized spacial score (nSPS) is 11.0. The number of nitrogens with one attached hydrogen (secondary N) is 2. The van der Waals surface area contributed by atoms with Gasteiger partial charge in [0.1, 0.15) is 4.70 Å². The van der Waals surface area contributed by atoms with Crippen LogP contribution in [0.4, 0.5) is 0 Å². The molecule has 27 heavy (non-hydrogen) atoms. The zero-order valence-electron chi connectivity index (χ0n) is 14.7. The molecule has 2 N–H and O–H groups in total. The Bertz CT molecular complexity index is 1040. The fraction of sp³-hybridized carbons (Fsp3) is 0.316.